The van der Waals surface area contributed by atoms with E-state index in [0.717, 1.165) is 47.7 Å². The largest absolute Gasteiger partial charge is 0.346 e. The summed E-state index contributed by atoms with van der Waals surface area (Å²) in [7, 11) is 0. The zero-order valence-electron chi connectivity index (χ0n) is 17.4. The number of H-pyrrole nitrogens is 1. The number of benzene rings is 1. The standard InChI is InChI=1S/C23H26N6OS/c1-15-11-18(25-12-15)20(16-5-3-2-4-6-16)28-23(30)19-13-29(9-10-31-19)22-17-7-8-24-21(17)26-14-27-22/h2-8,13-15,18,20,25H,9-12H2,1H3,(H,28,30)(H,24,26,27)/t15-,18-,20+/m1/s1. The van der Waals surface area contributed by atoms with Crippen molar-refractivity contribution >= 4 is 34.5 Å². The number of rotatable bonds is 5. The van der Waals surface area contributed by atoms with Crippen molar-refractivity contribution in [3.63, 3.8) is 0 Å². The van der Waals surface area contributed by atoms with E-state index in [1.54, 1.807) is 18.1 Å². The lowest BCUT2D eigenvalue weighted by molar-refractivity contribution is -0.117. The summed E-state index contributed by atoms with van der Waals surface area (Å²) in [6.45, 7) is 4.02. The monoisotopic (exact) mass is 434 g/mol. The Bertz CT molecular complexity index is 1100. The predicted octanol–water partition coefficient (Wildman–Crippen LogP) is 3.21. The second-order valence-corrected chi connectivity index (χ2v) is 9.33. The number of carbonyl (C=O) groups excluding carboxylic acids is 1. The summed E-state index contributed by atoms with van der Waals surface area (Å²) < 4.78 is 0. The Morgan fingerprint density at radius 3 is 2.94 bits per heavy atom. The van der Waals surface area contributed by atoms with E-state index in [2.05, 4.69) is 49.5 Å². The van der Waals surface area contributed by atoms with E-state index in [-0.39, 0.29) is 18.0 Å². The zero-order valence-corrected chi connectivity index (χ0v) is 18.2. The Hall–Kier alpha value is -2.84. The van der Waals surface area contributed by atoms with Crippen molar-refractivity contribution in [2.75, 3.05) is 23.7 Å². The number of nitrogens with zero attached hydrogens (tertiary/aromatic N) is 3. The van der Waals surface area contributed by atoms with Crippen molar-refractivity contribution in [3.05, 3.63) is 65.6 Å². The van der Waals surface area contributed by atoms with Gasteiger partial charge in [0.1, 0.15) is 17.8 Å². The minimum Gasteiger partial charge on any atom is -0.346 e. The second kappa shape index (κ2) is 8.72. The lowest BCUT2D eigenvalue weighted by atomic mass is 9.95. The van der Waals surface area contributed by atoms with Gasteiger partial charge in [0.25, 0.3) is 5.91 Å². The van der Waals surface area contributed by atoms with Gasteiger partial charge in [0.05, 0.1) is 16.3 Å². The molecule has 2 aliphatic heterocycles. The van der Waals surface area contributed by atoms with Crippen LogP contribution in [0.5, 0.6) is 0 Å². The summed E-state index contributed by atoms with van der Waals surface area (Å²) in [5.41, 5.74) is 1.93. The minimum absolute atomic E-state index is 0.0377. The van der Waals surface area contributed by atoms with Crippen molar-refractivity contribution in [1.29, 1.82) is 0 Å². The Morgan fingerprint density at radius 1 is 1.26 bits per heavy atom. The fraction of sp³-hybridized carbons (Fsp3) is 0.348. The molecule has 3 aromatic rings. The van der Waals surface area contributed by atoms with Crippen LogP contribution >= 0.6 is 11.8 Å². The molecule has 0 saturated carbocycles. The third-order valence-electron chi connectivity index (χ3n) is 5.92. The summed E-state index contributed by atoms with van der Waals surface area (Å²) in [5.74, 6) is 2.21. The molecule has 0 unspecified atom stereocenters. The second-order valence-electron chi connectivity index (χ2n) is 8.19. The number of hydrogen-bond acceptors (Lipinski definition) is 6. The molecule has 7 nitrogen and oxygen atoms in total. The number of thioether (sulfide) groups is 1. The summed E-state index contributed by atoms with van der Waals surface area (Å²) in [6.07, 6.45) is 6.39. The minimum atomic E-state index is -0.0639. The van der Waals surface area contributed by atoms with E-state index in [9.17, 15) is 4.79 Å². The number of anilines is 1. The molecule has 31 heavy (non-hydrogen) atoms. The highest BCUT2D eigenvalue weighted by molar-refractivity contribution is 8.04. The molecule has 160 valence electrons. The Balaban J connectivity index is 1.39. The van der Waals surface area contributed by atoms with E-state index in [0.29, 0.717) is 10.8 Å². The normalized spacial score (nSPS) is 22.4. The van der Waals surface area contributed by atoms with Crippen molar-refractivity contribution < 1.29 is 4.79 Å². The molecule has 1 fully saturated rings. The molecular weight excluding hydrogens is 408 g/mol. The number of carbonyl (C=O) groups is 1. The van der Waals surface area contributed by atoms with Gasteiger partial charge in [-0.2, -0.15) is 0 Å². The fourth-order valence-electron chi connectivity index (χ4n) is 4.37. The number of aromatic amines is 1. The van der Waals surface area contributed by atoms with Crippen molar-refractivity contribution in [2.24, 2.45) is 5.92 Å². The number of hydrogen-bond donors (Lipinski definition) is 3. The first-order valence-corrected chi connectivity index (χ1v) is 11.7. The quantitative estimate of drug-likeness (QED) is 0.572. The van der Waals surface area contributed by atoms with Gasteiger partial charge in [-0.3, -0.25) is 4.79 Å². The van der Waals surface area contributed by atoms with Crippen molar-refractivity contribution in [1.82, 2.24) is 25.6 Å². The Kier molecular flexibility index (Phi) is 5.65. The van der Waals surface area contributed by atoms with E-state index in [1.165, 1.54) is 0 Å². The van der Waals surface area contributed by atoms with Crippen molar-refractivity contribution in [2.45, 2.75) is 25.4 Å². The van der Waals surface area contributed by atoms with Crippen LogP contribution in [0.3, 0.4) is 0 Å². The van der Waals surface area contributed by atoms with Gasteiger partial charge in [0.2, 0.25) is 0 Å². The number of nitrogens with one attached hydrogen (secondary N) is 3. The van der Waals surface area contributed by atoms with Crippen molar-refractivity contribution in [3.8, 4) is 0 Å². The Labute approximate surface area is 185 Å². The highest BCUT2D eigenvalue weighted by atomic mass is 32.2. The summed E-state index contributed by atoms with van der Waals surface area (Å²) in [6, 6.07) is 12.4. The number of amides is 1. The summed E-state index contributed by atoms with van der Waals surface area (Å²) in [4.78, 5) is 27.9. The molecule has 1 saturated heterocycles. The van der Waals surface area contributed by atoms with E-state index < -0.39 is 0 Å². The molecule has 1 amide bonds. The Morgan fingerprint density at radius 2 is 2.13 bits per heavy atom. The number of aromatic nitrogens is 3. The third-order valence-corrected chi connectivity index (χ3v) is 6.91. The van der Waals surface area contributed by atoms with Crippen LogP contribution in [0.25, 0.3) is 11.0 Å². The van der Waals surface area contributed by atoms with Gasteiger partial charge >= 0.3 is 0 Å². The third kappa shape index (κ3) is 4.18. The maximum atomic E-state index is 13.3. The fourth-order valence-corrected chi connectivity index (χ4v) is 5.27. The van der Waals surface area contributed by atoms with E-state index >= 15 is 0 Å². The van der Waals surface area contributed by atoms with Crippen LogP contribution in [0.2, 0.25) is 0 Å². The van der Waals surface area contributed by atoms with Crippen LogP contribution < -0.4 is 15.5 Å². The summed E-state index contributed by atoms with van der Waals surface area (Å²) >= 11 is 1.59. The molecule has 0 bridgehead atoms. The van der Waals surface area contributed by atoms with Crippen LogP contribution in [-0.4, -0.2) is 45.7 Å². The zero-order chi connectivity index (χ0) is 21.2. The molecule has 8 heteroatoms. The van der Waals surface area contributed by atoms with Crippen LogP contribution in [0.15, 0.2) is 60.0 Å². The first-order valence-electron chi connectivity index (χ1n) is 10.7. The molecule has 2 aromatic heterocycles. The maximum Gasteiger partial charge on any atom is 0.259 e. The van der Waals surface area contributed by atoms with Crippen LogP contribution in [-0.2, 0) is 4.79 Å². The lowest BCUT2D eigenvalue weighted by Gasteiger charge is -2.29. The first kappa shape index (κ1) is 20.1. The van der Waals surface area contributed by atoms with E-state index in [4.69, 9.17) is 0 Å². The SMILES string of the molecule is C[C@H]1CN[C@@H]([C@@H](NC(=O)C2=CN(c3ncnc4[nH]ccc34)CCS2)c2ccccc2)C1. The lowest BCUT2D eigenvalue weighted by Crippen LogP contribution is -2.41. The molecule has 0 spiro atoms. The molecule has 1 aromatic carbocycles. The predicted molar refractivity (Wildman–Crippen MR) is 125 cm³/mol. The molecule has 3 atom stereocenters. The molecule has 2 aliphatic rings. The average Bonchev–Trinajstić information content (AvgIpc) is 3.46. The highest BCUT2D eigenvalue weighted by Gasteiger charge is 2.32. The van der Waals surface area contributed by atoms with Gasteiger partial charge in [0.15, 0.2) is 0 Å². The summed E-state index contributed by atoms with van der Waals surface area (Å²) in [5, 5.41) is 7.86. The van der Waals surface area contributed by atoms with Gasteiger partial charge in [-0.15, -0.1) is 11.8 Å². The average molecular weight is 435 g/mol. The molecule has 5 rings (SSSR count). The topological polar surface area (TPSA) is 85.9 Å². The molecule has 4 heterocycles. The number of fused-ring (bicyclic) bond motifs is 1. The van der Waals surface area contributed by atoms with Crippen LogP contribution in [0.4, 0.5) is 5.82 Å². The van der Waals surface area contributed by atoms with Gasteiger partial charge in [-0.1, -0.05) is 37.3 Å². The smallest absolute Gasteiger partial charge is 0.259 e. The molecule has 3 N–H and O–H groups in total. The molecule has 0 aliphatic carbocycles. The van der Waals surface area contributed by atoms with Gasteiger partial charge in [0, 0.05) is 30.7 Å². The highest BCUT2D eigenvalue weighted by Crippen LogP contribution is 2.31. The maximum absolute atomic E-state index is 13.3. The molecule has 0 radical (unpaired) electrons. The van der Waals surface area contributed by atoms with Gasteiger partial charge in [-0.25, -0.2) is 9.97 Å². The first-order chi connectivity index (χ1) is 15.2. The van der Waals surface area contributed by atoms with Gasteiger partial charge < -0.3 is 20.5 Å². The van der Waals surface area contributed by atoms with Crippen LogP contribution in [0.1, 0.15) is 24.9 Å². The van der Waals surface area contributed by atoms with E-state index in [1.807, 2.05) is 36.7 Å². The molecular formula is C23H26N6OS. The van der Waals surface area contributed by atoms with Gasteiger partial charge in [-0.05, 0) is 30.5 Å². The van der Waals surface area contributed by atoms with Crippen LogP contribution in [0, 0.1) is 5.92 Å².